The third-order valence-electron chi connectivity index (χ3n) is 3.00. The molecule has 0 bridgehead atoms. The first-order valence-electron chi connectivity index (χ1n) is 5.85. The van der Waals surface area contributed by atoms with E-state index < -0.39 is 0 Å². The largest absolute Gasteiger partial charge is 0.496 e. The number of fused-ring (bicyclic) bond motifs is 1. The van der Waals surface area contributed by atoms with Crippen molar-refractivity contribution in [1.29, 1.82) is 5.26 Å². The van der Waals surface area contributed by atoms with E-state index in [2.05, 4.69) is 11.1 Å². The quantitative estimate of drug-likeness (QED) is 0.701. The molecule has 0 unspecified atom stereocenters. The first-order valence-corrected chi connectivity index (χ1v) is 5.85. The maximum Gasteiger partial charge on any atom is 0.152 e. The molecule has 4 heteroatoms. The summed E-state index contributed by atoms with van der Waals surface area (Å²) in [4.78, 5) is 4.52. The summed E-state index contributed by atoms with van der Waals surface area (Å²) in [6.07, 6.45) is 1.83. The molecule has 0 spiro atoms. The fourth-order valence-corrected chi connectivity index (χ4v) is 2.13. The molecule has 0 radical (unpaired) electrons. The molecule has 0 saturated carbocycles. The molecule has 92 valence electrons. The molecule has 0 fully saturated rings. The highest BCUT2D eigenvalue weighted by Gasteiger charge is 2.16. The average Bonchev–Trinajstić information content (AvgIpc) is 2.85. The molecular weight excluding hydrogens is 238 g/mol. The Balaban J connectivity index is 2.34. The van der Waals surface area contributed by atoms with Crippen LogP contribution in [0.4, 0.5) is 0 Å². The van der Waals surface area contributed by atoms with Crippen molar-refractivity contribution >= 4 is 5.65 Å². The molecular formula is C15H11N3O. The van der Waals surface area contributed by atoms with Crippen molar-refractivity contribution in [1.82, 2.24) is 9.38 Å². The van der Waals surface area contributed by atoms with E-state index in [0.717, 1.165) is 11.2 Å². The molecule has 0 aliphatic rings. The zero-order chi connectivity index (χ0) is 13.2. The maximum absolute atomic E-state index is 9.38. The number of imidazole rings is 1. The minimum atomic E-state index is 0.514. The summed E-state index contributed by atoms with van der Waals surface area (Å²) in [5.74, 6) is 0.711. The normalized spacial score (nSPS) is 10.3. The zero-order valence-corrected chi connectivity index (χ0v) is 10.4. The lowest BCUT2D eigenvalue weighted by Crippen LogP contribution is -1.91. The minimum absolute atomic E-state index is 0.514. The van der Waals surface area contributed by atoms with Crippen molar-refractivity contribution in [2.24, 2.45) is 0 Å². The summed E-state index contributed by atoms with van der Waals surface area (Å²) in [7, 11) is 1.61. The molecule has 2 heterocycles. The molecule has 4 nitrogen and oxygen atoms in total. The van der Waals surface area contributed by atoms with Crippen molar-refractivity contribution in [2.75, 3.05) is 7.11 Å². The standard InChI is InChI=1S/C15H11N3O/c1-19-13-7-3-2-6-11(13)15-12(10-16)18-9-5-4-8-14(18)17-15/h2-9H,1H3. The minimum Gasteiger partial charge on any atom is -0.496 e. The van der Waals surface area contributed by atoms with Crippen LogP contribution < -0.4 is 4.74 Å². The van der Waals surface area contributed by atoms with Crippen molar-refractivity contribution in [2.45, 2.75) is 0 Å². The summed E-state index contributed by atoms with van der Waals surface area (Å²) in [5, 5.41) is 9.38. The first kappa shape index (κ1) is 11.3. The van der Waals surface area contributed by atoms with Gasteiger partial charge in [-0.1, -0.05) is 18.2 Å². The monoisotopic (exact) mass is 249 g/mol. The number of rotatable bonds is 2. The topological polar surface area (TPSA) is 50.3 Å². The van der Waals surface area contributed by atoms with Gasteiger partial charge < -0.3 is 4.74 Å². The van der Waals surface area contributed by atoms with Gasteiger partial charge in [-0.3, -0.25) is 4.40 Å². The Labute approximate surface area is 110 Å². The van der Waals surface area contributed by atoms with Crippen LogP contribution >= 0.6 is 0 Å². The molecule has 1 aromatic carbocycles. The van der Waals surface area contributed by atoms with E-state index in [-0.39, 0.29) is 0 Å². The van der Waals surface area contributed by atoms with Gasteiger partial charge in [-0.2, -0.15) is 5.26 Å². The van der Waals surface area contributed by atoms with E-state index in [0.29, 0.717) is 17.1 Å². The van der Waals surface area contributed by atoms with E-state index in [9.17, 15) is 5.26 Å². The van der Waals surface area contributed by atoms with Gasteiger partial charge in [-0.05, 0) is 24.3 Å². The Morgan fingerprint density at radius 2 is 1.95 bits per heavy atom. The number of nitriles is 1. The predicted octanol–water partition coefficient (Wildman–Crippen LogP) is 2.88. The number of nitrogens with zero attached hydrogens (tertiary/aromatic N) is 3. The van der Waals surface area contributed by atoms with Crippen LogP contribution in [0.1, 0.15) is 5.69 Å². The molecule has 3 rings (SSSR count). The lowest BCUT2D eigenvalue weighted by molar-refractivity contribution is 0.416. The van der Waals surface area contributed by atoms with Gasteiger partial charge in [-0.15, -0.1) is 0 Å². The van der Waals surface area contributed by atoms with E-state index in [1.165, 1.54) is 0 Å². The molecule has 0 aliphatic heterocycles. The second-order valence-corrected chi connectivity index (χ2v) is 4.05. The summed E-state index contributed by atoms with van der Waals surface area (Å²) in [6, 6.07) is 15.4. The summed E-state index contributed by atoms with van der Waals surface area (Å²) >= 11 is 0. The fraction of sp³-hybridized carbons (Fsp3) is 0.0667. The SMILES string of the molecule is COc1ccccc1-c1nc2ccccn2c1C#N. The van der Waals surface area contributed by atoms with E-state index >= 15 is 0 Å². The Morgan fingerprint density at radius 1 is 1.16 bits per heavy atom. The molecule has 3 aromatic rings. The summed E-state index contributed by atoms with van der Waals surface area (Å²) in [5.41, 5.74) is 2.73. The van der Waals surface area contributed by atoms with Gasteiger partial charge in [0.05, 0.1) is 7.11 Å². The van der Waals surface area contributed by atoms with E-state index in [1.807, 2.05) is 48.7 Å². The van der Waals surface area contributed by atoms with Crippen LogP contribution in [0.3, 0.4) is 0 Å². The Hall–Kier alpha value is -2.80. The molecule has 19 heavy (non-hydrogen) atoms. The smallest absolute Gasteiger partial charge is 0.152 e. The number of methoxy groups -OCH3 is 1. The van der Waals surface area contributed by atoms with Gasteiger partial charge in [0.2, 0.25) is 0 Å². The highest BCUT2D eigenvalue weighted by Crippen LogP contribution is 2.31. The lowest BCUT2D eigenvalue weighted by atomic mass is 10.1. The number of hydrogen-bond acceptors (Lipinski definition) is 3. The lowest BCUT2D eigenvalue weighted by Gasteiger charge is -2.05. The number of ether oxygens (including phenoxy) is 1. The summed E-state index contributed by atoms with van der Waals surface area (Å²) in [6.45, 7) is 0. The Kier molecular flexibility index (Phi) is 2.66. The van der Waals surface area contributed by atoms with Crippen molar-refractivity contribution < 1.29 is 4.74 Å². The second-order valence-electron chi connectivity index (χ2n) is 4.05. The number of para-hydroxylation sites is 1. The number of pyridine rings is 1. The summed E-state index contributed by atoms with van der Waals surface area (Å²) < 4.78 is 7.12. The van der Waals surface area contributed by atoms with E-state index in [4.69, 9.17) is 4.74 Å². The van der Waals surface area contributed by atoms with E-state index in [1.54, 1.807) is 11.5 Å². The third-order valence-corrected chi connectivity index (χ3v) is 3.00. The van der Waals surface area contributed by atoms with Gasteiger partial charge in [0.25, 0.3) is 0 Å². The van der Waals surface area contributed by atoms with Crippen LogP contribution in [0.15, 0.2) is 48.7 Å². The number of aromatic nitrogens is 2. The fourth-order valence-electron chi connectivity index (χ4n) is 2.13. The molecule has 2 aromatic heterocycles. The molecule has 0 saturated heterocycles. The van der Waals surface area contributed by atoms with Crippen LogP contribution in [-0.4, -0.2) is 16.5 Å². The maximum atomic E-state index is 9.38. The first-order chi connectivity index (χ1) is 9.35. The Bertz CT molecular complexity index is 783. The van der Waals surface area contributed by atoms with Crippen LogP contribution in [0.5, 0.6) is 5.75 Å². The Morgan fingerprint density at radius 3 is 2.74 bits per heavy atom. The van der Waals surface area contributed by atoms with Gasteiger partial charge in [0.1, 0.15) is 23.2 Å². The van der Waals surface area contributed by atoms with Crippen molar-refractivity contribution in [3.05, 3.63) is 54.4 Å². The third kappa shape index (κ3) is 1.72. The van der Waals surface area contributed by atoms with Gasteiger partial charge >= 0.3 is 0 Å². The zero-order valence-electron chi connectivity index (χ0n) is 10.4. The van der Waals surface area contributed by atoms with Crippen LogP contribution in [0, 0.1) is 11.3 Å². The highest BCUT2D eigenvalue weighted by molar-refractivity contribution is 5.74. The van der Waals surface area contributed by atoms with Crippen LogP contribution in [0.25, 0.3) is 16.9 Å². The highest BCUT2D eigenvalue weighted by atomic mass is 16.5. The molecule has 0 amide bonds. The average molecular weight is 249 g/mol. The number of hydrogen-bond donors (Lipinski definition) is 0. The molecule has 0 N–H and O–H groups in total. The van der Waals surface area contributed by atoms with Gasteiger partial charge in [-0.25, -0.2) is 4.98 Å². The van der Waals surface area contributed by atoms with Crippen molar-refractivity contribution in [3.8, 4) is 23.1 Å². The van der Waals surface area contributed by atoms with Crippen molar-refractivity contribution in [3.63, 3.8) is 0 Å². The van der Waals surface area contributed by atoms with Gasteiger partial charge in [0.15, 0.2) is 5.69 Å². The van der Waals surface area contributed by atoms with Crippen LogP contribution in [-0.2, 0) is 0 Å². The molecule has 0 atom stereocenters. The van der Waals surface area contributed by atoms with Gasteiger partial charge in [0, 0.05) is 11.8 Å². The molecule has 0 aliphatic carbocycles. The van der Waals surface area contributed by atoms with Crippen LogP contribution in [0.2, 0.25) is 0 Å². The second kappa shape index (κ2) is 4.46. The predicted molar refractivity (Wildman–Crippen MR) is 71.9 cm³/mol. The number of benzene rings is 1.